The number of esters is 2. The second kappa shape index (κ2) is 12.1. The summed E-state index contributed by atoms with van der Waals surface area (Å²) in [6.07, 6.45) is 0. The van der Waals surface area contributed by atoms with Gasteiger partial charge in [0.2, 0.25) is 0 Å². The van der Waals surface area contributed by atoms with Crippen LogP contribution in [0.5, 0.6) is 0 Å². The van der Waals surface area contributed by atoms with Crippen LogP contribution in [0.3, 0.4) is 0 Å². The first-order valence-electron chi connectivity index (χ1n) is 13.0. The molecule has 5 aromatic rings. The van der Waals surface area contributed by atoms with Crippen molar-refractivity contribution in [1.82, 2.24) is 10.3 Å². The zero-order valence-corrected chi connectivity index (χ0v) is 22.0. The molecule has 0 aliphatic heterocycles. The van der Waals surface area contributed by atoms with Gasteiger partial charge < -0.3 is 19.8 Å². The van der Waals surface area contributed by atoms with Gasteiger partial charge in [-0.05, 0) is 71.6 Å². The number of rotatable bonds is 9. The lowest BCUT2D eigenvalue weighted by atomic mass is 10.0. The number of amides is 1. The molecule has 0 bridgehead atoms. The van der Waals surface area contributed by atoms with Crippen molar-refractivity contribution in [2.45, 2.75) is 20.1 Å². The zero-order valence-electron chi connectivity index (χ0n) is 22.0. The number of benzene rings is 4. The quantitative estimate of drug-likeness (QED) is 0.217. The third-order valence-electron chi connectivity index (χ3n) is 6.43. The lowest BCUT2D eigenvalue weighted by Gasteiger charge is -2.09. The van der Waals surface area contributed by atoms with Gasteiger partial charge >= 0.3 is 11.9 Å². The summed E-state index contributed by atoms with van der Waals surface area (Å²) in [4.78, 5) is 40.4. The SMILES string of the molecule is CCOC(=O)c1cc2cc(-c3cccc(C(=O)NCc4ccc(C(=O)OCc5ccccc5)cc4)c3)ccc2[nH]1. The molecule has 5 rings (SSSR count). The first kappa shape index (κ1) is 26.4. The van der Waals surface area contributed by atoms with Crippen LogP contribution in [0.25, 0.3) is 22.0 Å². The van der Waals surface area contributed by atoms with Crippen LogP contribution in [0.2, 0.25) is 0 Å². The Balaban J connectivity index is 1.20. The van der Waals surface area contributed by atoms with Gasteiger partial charge in [-0.25, -0.2) is 9.59 Å². The molecule has 0 aliphatic rings. The topological polar surface area (TPSA) is 97.5 Å². The lowest BCUT2D eigenvalue weighted by molar-refractivity contribution is 0.0471. The summed E-state index contributed by atoms with van der Waals surface area (Å²) in [5.74, 6) is -0.997. The molecular formula is C33H28N2O5. The second-order valence-corrected chi connectivity index (χ2v) is 9.23. The first-order chi connectivity index (χ1) is 19.5. The average molecular weight is 533 g/mol. The van der Waals surface area contributed by atoms with Crippen LogP contribution in [0.4, 0.5) is 0 Å². The summed E-state index contributed by atoms with van der Waals surface area (Å²) < 4.78 is 10.4. The smallest absolute Gasteiger partial charge is 0.354 e. The monoisotopic (exact) mass is 532 g/mol. The molecule has 0 saturated carbocycles. The van der Waals surface area contributed by atoms with E-state index in [1.54, 1.807) is 43.3 Å². The molecule has 0 radical (unpaired) electrons. The van der Waals surface area contributed by atoms with E-state index in [9.17, 15) is 14.4 Å². The molecule has 7 heteroatoms. The van der Waals surface area contributed by atoms with Crippen LogP contribution >= 0.6 is 0 Å². The lowest BCUT2D eigenvalue weighted by Crippen LogP contribution is -2.22. The minimum atomic E-state index is -0.397. The number of ether oxygens (including phenoxy) is 2. The number of H-pyrrole nitrogens is 1. The molecule has 0 aliphatic carbocycles. The molecule has 0 unspecified atom stereocenters. The third kappa shape index (κ3) is 6.27. The van der Waals surface area contributed by atoms with Crippen LogP contribution in [0, 0.1) is 0 Å². The van der Waals surface area contributed by atoms with E-state index in [0.29, 0.717) is 30.0 Å². The van der Waals surface area contributed by atoms with Gasteiger partial charge in [0.05, 0.1) is 12.2 Å². The molecular weight excluding hydrogens is 504 g/mol. The maximum atomic E-state index is 12.9. The summed E-state index contributed by atoms with van der Waals surface area (Å²) >= 11 is 0. The van der Waals surface area contributed by atoms with Gasteiger partial charge in [0.25, 0.3) is 5.91 Å². The highest BCUT2D eigenvalue weighted by Crippen LogP contribution is 2.26. The Bertz CT molecular complexity index is 1660. The van der Waals surface area contributed by atoms with E-state index in [2.05, 4.69) is 10.3 Å². The Hall–Kier alpha value is -5.17. The Labute approximate surface area is 231 Å². The number of carbonyl (C=O) groups excluding carboxylic acids is 3. The van der Waals surface area contributed by atoms with Gasteiger partial charge in [-0.15, -0.1) is 0 Å². The molecule has 1 aromatic heterocycles. The van der Waals surface area contributed by atoms with Crippen molar-refractivity contribution in [2.75, 3.05) is 6.61 Å². The molecule has 40 heavy (non-hydrogen) atoms. The van der Waals surface area contributed by atoms with Crippen molar-refractivity contribution in [3.8, 4) is 11.1 Å². The van der Waals surface area contributed by atoms with Gasteiger partial charge in [-0.3, -0.25) is 4.79 Å². The largest absolute Gasteiger partial charge is 0.461 e. The summed E-state index contributed by atoms with van der Waals surface area (Å²) in [5.41, 5.74) is 5.80. The molecule has 1 amide bonds. The molecule has 7 nitrogen and oxygen atoms in total. The van der Waals surface area contributed by atoms with Gasteiger partial charge in [0.15, 0.2) is 0 Å². The summed E-state index contributed by atoms with van der Waals surface area (Å²) in [6, 6.07) is 31.4. The highest BCUT2D eigenvalue weighted by molar-refractivity contribution is 5.97. The van der Waals surface area contributed by atoms with Crippen LogP contribution in [-0.2, 0) is 22.6 Å². The Morgan fingerprint density at radius 2 is 1.48 bits per heavy atom. The van der Waals surface area contributed by atoms with E-state index < -0.39 is 11.9 Å². The van der Waals surface area contributed by atoms with E-state index >= 15 is 0 Å². The van der Waals surface area contributed by atoms with Gasteiger partial charge in [0, 0.05) is 23.0 Å². The van der Waals surface area contributed by atoms with Gasteiger partial charge in [-0.2, -0.15) is 0 Å². The van der Waals surface area contributed by atoms with E-state index in [0.717, 1.165) is 33.2 Å². The Kier molecular flexibility index (Phi) is 8.02. The predicted octanol–water partition coefficient (Wildman–Crippen LogP) is 6.30. The van der Waals surface area contributed by atoms with E-state index in [-0.39, 0.29) is 12.5 Å². The fraction of sp³-hybridized carbons (Fsp3) is 0.121. The van der Waals surface area contributed by atoms with Crippen molar-refractivity contribution in [1.29, 1.82) is 0 Å². The minimum absolute atomic E-state index is 0.208. The minimum Gasteiger partial charge on any atom is -0.461 e. The maximum absolute atomic E-state index is 12.9. The molecule has 0 spiro atoms. The fourth-order valence-electron chi connectivity index (χ4n) is 4.32. The average Bonchev–Trinajstić information content (AvgIpc) is 3.43. The third-order valence-corrected chi connectivity index (χ3v) is 6.43. The van der Waals surface area contributed by atoms with Gasteiger partial charge in [0.1, 0.15) is 12.3 Å². The zero-order chi connectivity index (χ0) is 27.9. The van der Waals surface area contributed by atoms with Gasteiger partial charge in [-0.1, -0.05) is 60.7 Å². The van der Waals surface area contributed by atoms with E-state index in [1.165, 1.54) is 0 Å². The Morgan fingerprint density at radius 1 is 0.700 bits per heavy atom. The van der Waals surface area contributed by atoms with Crippen molar-refractivity contribution < 1.29 is 23.9 Å². The molecule has 200 valence electrons. The van der Waals surface area contributed by atoms with Crippen molar-refractivity contribution in [3.63, 3.8) is 0 Å². The summed E-state index contributed by atoms with van der Waals surface area (Å²) in [5, 5.41) is 3.81. The highest BCUT2D eigenvalue weighted by atomic mass is 16.5. The fourth-order valence-corrected chi connectivity index (χ4v) is 4.32. The van der Waals surface area contributed by atoms with E-state index in [1.807, 2.05) is 66.7 Å². The van der Waals surface area contributed by atoms with Crippen molar-refractivity contribution in [2.24, 2.45) is 0 Å². The number of fused-ring (bicyclic) bond motifs is 1. The van der Waals surface area contributed by atoms with E-state index in [4.69, 9.17) is 9.47 Å². The van der Waals surface area contributed by atoms with Crippen LogP contribution in [0.15, 0.2) is 103 Å². The number of hydrogen-bond donors (Lipinski definition) is 2. The van der Waals surface area contributed by atoms with Crippen molar-refractivity contribution in [3.05, 3.63) is 131 Å². The number of hydrogen-bond acceptors (Lipinski definition) is 5. The highest BCUT2D eigenvalue weighted by Gasteiger charge is 2.13. The summed E-state index contributed by atoms with van der Waals surface area (Å²) in [7, 11) is 0. The number of nitrogens with one attached hydrogen (secondary N) is 2. The van der Waals surface area contributed by atoms with Crippen LogP contribution in [0.1, 0.15) is 49.3 Å². The van der Waals surface area contributed by atoms with Crippen LogP contribution < -0.4 is 5.32 Å². The summed E-state index contributed by atoms with van der Waals surface area (Å²) in [6.45, 7) is 2.60. The molecule has 4 aromatic carbocycles. The molecule has 1 heterocycles. The number of aromatic nitrogens is 1. The number of aromatic amines is 1. The molecule has 0 atom stereocenters. The second-order valence-electron chi connectivity index (χ2n) is 9.23. The first-order valence-corrected chi connectivity index (χ1v) is 13.0. The predicted molar refractivity (Wildman–Crippen MR) is 153 cm³/mol. The number of carbonyl (C=O) groups is 3. The molecule has 0 fully saturated rings. The van der Waals surface area contributed by atoms with Crippen molar-refractivity contribution >= 4 is 28.7 Å². The normalized spacial score (nSPS) is 10.7. The molecule has 2 N–H and O–H groups in total. The van der Waals surface area contributed by atoms with Crippen LogP contribution in [-0.4, -0.2) is 29.4 Å². The maximum Gasteiger partial charge on any atom is 0.354 e. The standard InChI is InChI=1S/C33H28N2O5/c1-2-39-33(38)30-19-28-18-26(15-16-29(28)35-30)25-9-6-10-27(17-25)31(36)34-20-22-11-13-24(14-12-22)32(37)40-21-23-7-4-3-5-8-23/h3-19,35H,2,20-21H2,1H3,(H,34,36). The molecule has 0 saturated heterocycles. The Morgan fingerprint density at radius 3 is 2.25 bits per heavy atom.